The van der Waals surface area contributed by atoms with E-state index >= 15 is 0 Å². The van der Waals surface area contributed by atoms with Crippen LogP contribution in [0.15, 0.2) is 30.6 Å². The Morgan fingerprint density at radius 2 is 1.95 bits per heavy atom. The summed E-state index contributed by atoms with van der Waals surface area (Å²) in [6.07, 6.45) is 6.80. The molecule has 2 N–H and O–H groups in total. The maximum Gasteiger partial charge on any atom is 0.103 e. The minimum absolute atomic E-state index is 0.451. The van der Waals surface area contributed by atoms with Crippen molar-refractivity contribution in [1.82, 2.24) is 9.55 Å². The molecule has 1 heterocycles. The third-order valence-corrected chi connectivity index (χ3v) is 3.94. The van der Waals surface area contributed by atoms with Crippen molar-refractivity contribution in [3.8, 4) is 0 Å². The number of aryl methyl sites for hydroxylation is 1. The van der Waals surface area contributed by atoms with Gasteiger partial charge in [-0.05, 0) is 31.2 Å². The zero-order valence-electron chi connectivity index (χ0n) is 10.8. The molecule has 3 rings (SSSR count). The number of fused-ring (bicyclic) bond motifs is 1. The molecule has 0 unspecified atom stereocenters. The lowest BCUT2D eigenvalue weighted by Gasteiger charge is -2.14. The first kappa shape index (κ1) is 12.4. The van der Waals surface area contributed by atoms with Gasteiger partial charge in [-0.15, -0.1) is 0 Å². The molecule has 0 spiro atoms. The van der Waals surface area contributed by atoms with Crippen molar-refractivity contribution in [2.24, 2.45) is 5.73 Å². The van der Waals surface area contributed by atoms with Crippen LogP contribution in [0.2, 0.25) is 0 Å². The van der Waals surface area contributed by atoms with E-state index in [1.807, 2.05) is 18.5 Å². The highest BCUT2D eigenvalue weighted by Gasteiger charge is 2.14. The van der Waals surface area contributed by atoms with Crippen molar-refractivity contribution in [3.05, 3.63) is 53.1 Å². The van der Waals surface area contributed by atoms with Crippen LogP contribution >= 0.6 is 12.2 Å². The summed E-state index contributed by atoms with van der Waals surface area (Å²) in [6, 6.07) is 8.15. The SMILES string of the molecule is NC(=S)c1ccc(Cn2cnc3c2CCCC3)cc1. The van der Waals surface area contributed by atoms with Gasteiger partial charge in [0.2, 0.25) is 0 Å². The molecular formula is C15H17N3S. The second-order valence-corrected chi connectivity index (χ2v) is 5.47. The van der Waals surface area contributed by atoms with E-state index in [0.717, 1.165) is 24.9 Å². The predicted octanol–water partition coefficient (Wildman–Crippen LogP) is 2.44. The zero-order valence-corrected chi connectivity index (χ0v) is 11.6. The number of nitrogens with two attached hydrogens (primary N) is 1. The van der Waals surface area contributed by atoms with E-state index < -0.39 is 0 Å². The maximum atomic E-state index is 5.61. The molecule has 0 saturated heterocycles. The monoisotopic (exact) mass is 271 g/mol. The molecule has 19 heavy (non-hydrogen) atoms. The molecule has 1 aliphatic rings. The first-order chi connectivity index (χ1) is 9.24. The van der Waals surface area contributed by atoms with Crippen molar-refractivity contribution < 1.29 is 0 Å². The van der Waals surface area contributed by atoms with Gasteiger partial charge in [-0.25, -0.2) is 4.98 Å². The largest absolute Gasteiger partial charge is 0.389 e. The van der Waals surface area contributed by atoms with Crippen LogP contribution in [0.4, 0.5) is 0 Å². The summed E-state index contributed by atoms with van der Waals surface area (Å²) in [7, 11) is 0. The number of imidazole rings is 1. The summed E-state index contributed by atoms with van der Waals surface area (Å²) in [5.41, 5.74) is 10.5. The van der Waals surface area contributed by atoms with Crippen LogP contribution in [-0.2, 0) is 19.4 Å². The van der Waals surface area contributed by atoms with Gasteiger partial charge in [0, 0.05) is 17.8 Å². The van der Waals surface area contributed by atoms with E-state index in [9.17, 15) is 0 Å². The van der Waals surface area contributed by atoms with E-state index in [4.69, 9.17) is 18.0 Å². The summed E-state index contributed by atoms with van der Waals surface area (Å²) < 4.78 is 2.27. The van der Waals surface area contributed by atoms with Crippen LogP contribution in [0.5, 0.6) is 0 Å². The highest BCUT2D eigenvalue weighted by molar-refractivity contribution is 7.80. The fourth-order valence-electron chi connectivity index (χ4n) is 2.64. The van der Waals surface area contributed by atoms with Gasteiger partial charge in [0.25, 0.3) is 0 Å². The second kappa shape index (κ2) is 5.13. The van der Waals surface area contributed by atoms with Gasteiger partial charge < -0.3 is 10.3 Å². The standard InChI is InChI=1S/C15H17N3S/c16-15(19)12-7-5-11(6-8-12)9-18-10-17-13-3-1-2-4-14(13)18/h5-8,10H,1-4,9H2,(H2,16,19). The maximum absolute atomic E-state index is 5.61. The molecule has 3 nitrogen and oxygen atoms in total. The van der Waals surface area contributed by atoms with Crippen molar-refractivity contribution in [2.75, 3.05) is 0 Å². The molecule has 4 heteroatoms. The fourth-order valence-corrected chi connectivity index (χ4v) is 2.77. The lowest BCUT2D eigenvalue weighted by Crippen LogP contribution is -2.10. The average Bonchev–Trinajstić information content (AvgIpc) is 2.83. The first-order valence-corrected chi connectivity index (χ1v) is 7.06. The highest BCUT2D eigenvalue weighted by Crippen LogP contribution is 2.20. The van der Waals surface area contributed by atoms with Gasteiger partial charge in [0.15, 0.2) is 0 Å². The minimum Gasteiger partial charge on any atom is -0.389 e. The van der Waals surface area contributed by atoms with Crippen LogP contribution < -0.4 is 5.73 Å². The Kier molecular flexibility index (Phi) is 3.34. The van der Waals surface area contributed by atoms with Crippen LogP contribution in [0.1, 0.15) is 35.4 Å². The highest BCUT2D eigenvalue weighted by atomic mass is 32.1. The average molecular weight is 271 g/mol. The van der Waals surface area contributed by atoms with E-state index in [1.54, 1.807) is 0 Å². The Labute approximate surface area is 118 Å². The lowest BCUT2D eigenvalue weighted by atomic mass is 10.0. The Bertz CT molecular complexity index is 598. The summed E-state index contributed by atoms with van der Waals surface area (Å²) in [5.74, 6) is 0. The van der Waals surface area contributed by atoms with Gasteiger partial charge in [0.05, 0.1) is 12.0 Å². The van der Waals surface area contributed by atoms with E-state index in [0.29, 0.717) is 4.99 Å². The molecular weight excluding hydrogens is 254 g/mol. The lowest BCUT2D eigenvalue weighted by molar-refractivity contribution is 0.628. The summed E-state index contributed by atoms with van der Waals surface area (Å²) in [5, 5.41) is 0. The third-order valence-electron chi connectivity index (χ3n) is 3.70. The predicted molar refractivity (Wildman–Crippen MR) is 80.3 cm³/mol. The number of hydrogen-bond donors (Lipinski definition) is 1. The number of rotatable bonds is 3. The van der Waals surface area contributed by atoms with Gasteiger partial charge >= 0.3 is 0 Å². The minimum atomic E-state index is 0.451. The van der Waals surface area contributed by atoms with E-state index in [-0.39, 0.29) is 0 Å². The van der Waals surface area contributed by atoms with Crippen LogP contribution in [-0.4, -0.2) is 14.5 Å². The summed E-state index contributed by atoms with van der Waals surface area (Å²) >= 11 is 4.96. The molecule has 0 amide bonds. The van der Waals surface area contributed by atoms with Gasteiger partial charge in [-0.1, -0.05) is 36.5 Å². The van der Waals surface area contributed by atoms with Crippen molar-refractivity contribution in [3.63, 3.8) is 0 Å². The Morgan fingerprint density at radius 1 is 1.21 bits per heavy atom. The van der Waals surface area contributed by atoms with Crippen molar-refractivity contribution in [2.45, 2.75) is 32.2 Å². The summed E-state index contributed by atoms with van der Waals surface area (Å²) in [6.45, 7) is 0.875. The number of nitrogens with zero attached hydrogens (tertiary/aromatic N) is 2. The van der Waals surface area contributed by atoms with Gasteiger partial charge in [-0.3, -0.25) is 0 Å². The molecule has 0 saturated carbocycles. The third kappa shape index (κ3) is 2.54. The Morgan fingerprint density at radius 3 is 2.68 bits per heavy atom. The Balaban J connectivity index is 1.81. The molecule has 0 bridgehead atoms. The smallest absolute Gasteiger partial charge is 0.103 e. The van der Waals surface area contributed by atoms with Crippen LogP contribution in [0.3, 0.4) is 0 Å². The quantitative estimate of drug-likeness (QED) is 0.872. The number of aromatic nitrogens is 2. The molecule has 1 aliphatic carbocycles. The number of thiocarbonyl (C=S) groups is 1. The topological polar surface area (TPSA) is 43.8 Å². The van der Waals surface area contributed by atoms with E-state index in [2.05, 4.69) is 21.7 Å². The molecule has 1 aromatic carbocycles. The summed E-state index contributed by atoms with van der Waals surface area (Å²) in [4.78, 5) is 4.97. The van der Waals surface area contributed by atoms with Crippen molar-refractivity contribution >= 4 is 17.2 Å². The van der Waals surface area contributed by atoms with Crippen molar-refractivity contribution in [1.29, 1.82) is 0 Å². The molecule has 0 aliphatic heterocycles. The first-order valence-electron chi connectivity index (χ1n) is 6.65. The normalized spacial score (nSPS) is 14.1. The van der Waals surface area contributed by atoms with Gasteiger partial charge in [-0.2, -0.15) is 0 Å². The molecule has 0 radical (unpaired) electrons. The fraction of sp³-hybridized carbons (Fsp3) is 0.333. The van der Waals surface area contributed by atoms with Gasteiger partial charge in [0.1, 0.15) is 4.99 Å². The molecule has 0 atom stereocenters. The Hall–Kier alpha value is -1.68. The second-order valence-electron chi connectivity index (χ2n) is 5.03. The van der Waals surface area contributed by atoms with Crippen LogP contribution in [0.25, 0.3) is 0 Å². The van der Waals surface area contributed by atoms with Crippen LogP contribution in [0, 0.1) is 0 Å². The number of hydrogen-bond acceptors (Lipinski definition) is 2. The van der Waals surface area contributed by atoms with E-state index in [1.165, 1.54) is 29.8 Å². The number of benzene rings is 1. The molecule has 1 aromatic heterocycles. The molecule has 0 fully saturated rings. The molecule has 2 aromatic rings. The molecule has 98 valence electrons. The zero-order chi connectivity index (χ0) is 13.2.